The van der Waals surface area contributed by atoms with Crippen LogP contribution in [-0.2, 0) is 4.79 Å². The van der Waals surface area contributed by atoms with Gasteiger partial charge in [0.05, 0.1) is 0 Å². The highest BCUT2D eigenvalue weighted by Crippen LogP contribution is 1.95. The summed E-state index contributed by atoms with van der Waals surface area (Å²) in [6.45, 7) is 5.80. The van der Waals surface area contributed by atoms with E-state index in [0.29, 0.717) is 6.42 Å². The molecule has 0 saturated heterocycles. The van der Waals surface area contributed by atoms with E-state index in [-0.39, 0.29) is 5.78 Å². The summed E-state index contributed by atoms with van der Waals surface area (Å²) in [5.41, 5.74) is 0. The van der Waals surface area contributed by atoms with Crippen LogP contribution in [0.15, 0.2) is 12.2 Å². The van der Waals surface area contributed by atoms with E-state index in [9.17, 15) is 4.79 Å². The van der Waals surface area contributed by atoms with Gasteiger partial charge in [-0.2, -0.15) is 0 Å². The zero-order valence-electron chi connectivity index (χ0n) is 8.34. The molecule has 0 aromatic carbocycles. The molecule has 0 N–H and O–H groups in total. The van der Waals surface area contributed by atoms with Gasteiger partial charge in [-0.05, 0) is 20.4 Å². The fraction of sp³-hybridized carbons (Fsp3) is 0.700. The van der Waals surface area contributed by atoms with E-state index in [1.165, 1.54) is 13.0 Å². The molecule has 0 aromatic heterocycles. The molecule has 70 valence electrons. The van der Waals surface area contributed by atoms with Crippen LogP contribution in [0.25, 0.3) is 0 Å². The summed E-state index contributed by atoms with van der Waals surface area (Å²) in [5.74, 6) is 0.255. The zero-order valence-corrected chi connectivity index (χ0v) is 8.34. The predicted octanol–water partition coefficient (Wildman–Crippen LogP) is 1.86. The van der Waals surface area contributed by atoms with Gasteiger partial charge < -0.3 is 9.69 Å². The third kappa shape index (κ3) is 7.48. The van der Waals surface area contributed by atoms with Crippen LogP contribution in [0.2, 0.25) is 0 Å². The minimum absolute atomic E-state index is 0.255. The number of carbonyl (C=O) groups is 1. The maximum absolute atomic E-state index is 9.81. The molecule has 2 nitrogen and oxygen atoms in total. The molecule has 0 atom stereocenters. The minimum atomic E-state index is 0.255. The van der Waals surface area contributed by atoms with Crippen LogP contribution in [0.5, 0.6) is 0 Å². The average molecular weight is 169 g/mol. The molecule has 0 bridgehead atoms. The Labute approximate surface area is 75.3 Å². The lowest BCUT2D eigenvalue weighted by Crippen LogP contribution is -2.21. The first-order valence-electron chi connectivity index (χ1n) is 4.49. The van der Waals surface area contributed by atoms with Gasteiger partial charge in [-0.15, -0.1) is 0 Å². The number of nitrogens with zero attached hydrogens (tertiary/aromatic N) is 1. The van der Waals surface area contributed by atoms with Crippen LogP contribution in [-0.4, -0.2) is 30.8 Å². The van der Waals surface area contributed by atoms with Crippen molar-refractivity contribution in [1.82, 2.24) is 4.90 Å². The van der Waals surface area contributed by atoms with Crippen LogP contribution < -0.4 is 0 Å². The van der Waals surface area contributed by atoms with E-state index in [4.69, 9.17) is 0 Å². The number of carbonyl (C=O) groups excluding carboxylic acids is 1. The van der Waals surface area contributed by atoms with Gasteiger partial charge in [0.2, 0.25) is 0 Å². The summed E-state index contributed by atoms with van der Waals surface area (Å²) in [6.07, 6.45) is 6.35. The number of rotatable bonds is 1. The molecule has 2 heteroatoms. The molecule has 0 radical (unpaired) electrons. The molecule has 1 aliphatic heterocycles. The van der Waals surface area contributed by atoms with Gasteiger partial charge in [0.1, 0.15) is 5.78 Å². The number of hydrogen-bond acceptors (Lipinski definition) is 2. The van der Waals surface area contributed by atoms with E-state index in [2.05, 4.69) is 24.1 Å². The van der Waals surface area contributed by atoms with E-state index in [0.717, 1.165) is 6.54 Å². The Kier molecular flexibility index (Phi) is 6.67. The Hall–Kier alpha value is -0.630. The maximum Gasteiger partial charge on any atom is 0.129 e. The highest BCUT2D eigenvalue weighted by molar-refractivity contribution is 5.74. The van der Waals surface area contributed by atoms with E-state index in [1.807, 2.05) is 6.92 Å². The first-order valence-corrected chi connectivity index (χ1v) is 4.49. The normalized spacial score (nSPS) is 16.6. The number of hydrogen-bond donors (Lipinski definition) is 0. The second-order valence-corrected chi connectivity index (χ2v) is 3.08. The second-order valence-electron chi connectivity index (χ2n) is 3.08. The topological polar surface area (TPSA) is 20.3 Å². The maximum atomic E-state index is 9.81. The molecule has 0 aromatic rings. The van der Waals surface area contributed by atoms with Gasteiger partial charge in [0.15, 0.2) is 0 Å². The summed E-state index contributed by atoms with van der Waals surface area (Å²) in [5, 5.41) is 0. The van der Waals surface area contributed by atoms with Crippen molar-refractivity contribution < 1.29 is 4.79 Å². The number of Topliss-reactive ketones (excluding diaryl/α,β-unsaturated/α-hetero) is 1. The standard InChI is InChI=1S/C6H11N.C4H8O/c1-7-5-3-2-4-6-7;1-3-4(2)5/h2-3H,4-6H2,1H3;3H2,1-2H3. The molecule has 0 aliphatic carbocycles. The predicted molar refractivity (Wildman–Crippen MR) is 52.2 cm³/mol. The van der Waals surface area contributed by atoms with Gasteiger partial charge in [-0.3, -0.25) is 0 Å². The molecule has 0 spiro atoms. The molecule has 1 heterocycles. The minimum Gasteiger partial charge on any atom is -0.302 e. The van der Waals surface area contributed by atoms with E-state index in [1.54, 1.807) is 6.92 Å². The lowest BCUT2D eigenvalue weighted by Gasteiger charge is -2.15. The molecular weight excluding hydrogens is 150 g/mol. The van der Waals surface area contributed by atoms with Crippen molar-refractivity contribution in [3.05, 3.63) is 12.2 Å². The fourth-order valence-electron chi connectivity index (χ4n) is 0.759. The van der Waals surface area contributed by atoms with Gasteiger partial charge in [-0.25, -0.2) is 0 Å². The highest BCUT2D eigenvalue weighted by Gasteiger charge is 1.95. The summed E-state index contributed by atoms with van der Waals surface area (Å²) < 4.78 is 0. The Morgan fingerprint density at radius 3 is 2.25 bits per heavy atom. The van der Waals surface area contributed by atoms with E-state index < -0.39 is 0 Å². The number of likely N-dealkylation sites (N-methyl/N-ethyl adjacent to an activating group) is 1. The molecule has 1 aliphatic rings. The average Bonchev–Trinajstić information content (AvgIpc) is 2.07. The van der Waals surface area contributed by atoms with Crippen LogP contribution >= 0.6 is 0 Å². The van der Waals surface area contributed by atoms with Crippen LogP contribution in [0.1, 0.15) is 26.7 Å². The Morgan fingerprint density at radius 1 is 1.50 bits per heavy atom. The lowest BCUT2D eigenvalue weighted by atomic mass is 10.3. The highest BCUT2D eigenvalue weighted by atomic mass is 16.1. The van der Waals surface area contributed by atoms with Crippen LogP contribution in [0.3, 0.4) is 0 Å². The fourth-order valence-corrected chi connectivity index (χ4v) is 0.759. The molecule has 1 rings (SSSR count). The van der Waals surface area contributed by atoms with Gasteiger partial charge in [0.25, 0.3) is 0 Å². The van der Waals surface area contributed by atoms with Crippen molar-refractivity contribution in [2.45, 2.75) is 26.7 Å². The molecule has 12 heavy (non-hydrogen) atoms. The van der Waals surface area contributed by atoms with Crippen molar-refractivity contribution >= 4 is 5.78 Å². The summed E-state index contributed by atoms with van der Waals surface area (Å²) in [6, 6.07) is 0. The van der Waals surface area contributed by atoms with Gasteiger partial charge in [0, 0.05) is 19.5 Å². The third-order valence-electron chi connectivity index (χ3n) is 1.76. The smallest absolute Gasteiger partial charge is 0.129 e. The van der Waals surface area contributed by atoms with Gasteiger partial charge >= 0.3 is 0 Å². The SMILES string of the molecule is CCC(C)=O.CN1CC=CCC1. The van der Waals surface area contributed by atoms with Crippen molar-refractivity contribution in [3.63, 3.8) is 0 Å². The Bertz CT molecular complexity index is 152. The molecule has 0 saturated carbocycles. The third-order valence-corrected chi connectivity index (χ3v) is 1.76. The summed E-state index contributed by atoms with van der Waals surface area (Å²) in [4.78, 5) is 12.1. The first-order chi connectivity index (χ1) is 5.66. The quantitative estimate of drug-likeness (QED) is 0.558. The van der Waals surface area contributed by atoms with E-state index >= 15 is 0 Å². The molecule has 0 unspecified atom stereocenters. The van der Waals surface area contributed by atoms with Crippen molar-refractivity contribution in [2.75, 3.05) is 20.1 Å². The van der Waals surface area contributed by atoms with Crippen LogP contribution in [0.4, 0.5) is 0 Å². The Morgan fingerprint density at radius 2 is 2.08 bits per heavy atom. The summed E-state index contributed by atoms with van der Waals surface area (Å²) >= 11 is 0. The Balaban J connectivity index is 0.000000217. The van der Waals surface area contributed by atoms with Crippen molar-refractivity contribution in [2.24, 2.45) is 0 Å². The lowest BCUT2D eigenvalue weighted by molar-refractivity contribution is -0.116. The monoisotopic (exact) mass is 169 g/mol. The van der Waals surface area contributed by atoms with Crippen LogP contribution in [0, 0.1) is 0 Å². The van der Waals surface area contributed by atoms with Crippen molar-refractivity contribution in [1.29, 1.82) is 0 Å². The van der Waals surface area contributed by atoms with Gasteiger partial charge in [-0.1, -0.05) is 19.1 Å². The number of ketones is 1. The second kappa shape index (κ2) is 7.04. The largest absolute Gasteiger partial charge is 0.302 e. The summed E-state index contributed by atoms with van der Waals surface area (Å²) in [7, 11) is 2.14. The van der Waals surface area contributed by atoms with Crippen molar-refractivity contribution in [3.8, 4) is 0 Å². The molecular formula is C10H19NO. The first kappa shape index (κ1) is 11.4. The molecule has 0 amide bonds. The molecule has 0 fully saturated rings. The zero-order chi connectivity index (χ0) is 9.40.